The number of ether oxygens (including phenoxy) is 2. The number of rotatable bonds is 4. The molecule has 1 heterocycles. The fraction of sp³-hybridized carbons (Fsp3) is 0.375. The SMILES string of the molecule is COc1ccc(C)cc1/C=C/C(=O)N1CCOCC1C(=O)O. The minimum Gasteiger partial charge on any atom is -0.496 e. The van der Waals surface area contributed by atoms with Crippen LogP contribution in [0.5, 0.6) is 5.75 Å². The summed E-state index contributed by atoms with van der Waals surface area (Å²) in [6.45, 7) is 2.58. The normalized spacial score (nSPS) is 18.5. The maximum absolute atomic E-state index is 12.3. The fourth-order valence-corrected chi connectivity index (χ4v) is 2.31. The predicted molar refractivity (Wildman–Crippen MR) is 80.7 cm³/mol. The van der Waals surface area contributed by atoms with Crippen LogP contribution in [0, 0.1) is 6.92 Å². The van der Waals surface area contributed by atoms with Crippen LogP contribution in [-0.4, -0.2) is 54.8 Å². The van der Waals surface area contributed by atoms with Gasteiger partial charge in [0.25, 0.3) is 0 Å². The van der Waals surface area contributed by atoms with Crippen molar-refractivity contribution >= 4 is 18.0 Å². The molecule has 0 bridgehead atoms. The Morgan fingerprint density at radius 1 is 1.45 bits per heavy atom. The van der Waals surface area contributed by atoms with E-state index in [0.717, 1.165) is 11.1 Å². The minimum atomic E-state index is -1.06. The molecule has 6 nitrogen and oxygen atoms in total. The van der Waals surface area contributed by atoms with Gasteiger partial charge < -0.3 is 19.5 Å². The molecule has 0 spiro atoms. The zero-order valence-electron chi connectivity index (χ0n) is 12.6. The number of carboxylic acids is 1. The number of carbonyl (C=O) groups is 2. The molecular formula is C16H19NO5. The third kappa shape index (κ3) is 3.65. The van der Waals surface area contributed by atoms with Gasteiger partial charge in [0.1, 0.15) is 5.75 Å². The van der Waals surface area contributed by atoms with Crippen LogP contribution in [0.2, 0.25) is 0 Å². The topological polar surface area (TPSA) is 76.1 Å². The molecule has 1 aromatic carbocycles. The lowest BCUT2D eigenvalue weighted by Gasteiger charge is -2.32. The number of hydrogen-bond acceptors (Lipinski definition) is 4. The second-order valence-electron chi connectivity index (χ2n) is 5.04. The summed E-state index contributed by atoms with van der Waals surface area (Å²) < 4.78 is 10.4. The average molecular weight is 305 g/mol. The molecule has 1 aliphatic heterocycles. The third-order valence-corrected chi connectivity index (χ3v) is 3.49. The Labute approximate surface area is 128 Å². The Hall–Kier alpha value is -2.34. The van der Waals surface area contributed by atoms with Crippen molar-refractivity contribution < 1.29 is 24.2 Å². The van der Waals surface area contributed by atoms with E-state index in [-0.39, 0.29) is 19.1 Å². The van der Waals surface area contributed by atoms with Crippen molar-refractivity contribution in [2.45, 2.75) is 13.0 Å². The number of amides is 1. The lowest BCUT2D eigenvalue weighted by atomic mass is 10.1. The van der Waals surface area contributed by atoms with Crippen LogP contribution in [0.15, 0.2) is 24.3 Å². The van der Waals surface area contributed by atoms with E-state index in [2.05, 4.69) is 0 Å². The predicted octanol–water partition coefficient (Wildman–Crippen LogP) is 1.33. The van der Waals surface area contributed by atoms with Crippen molar-refractivity contribution in [1.82, 2.24) is 4.90 Å². The lowest BCUT2D eigenvalue weighted by molar-refractivity contribution is -0.156. The number of morpholine rings is 1. The van der Waals surface area contributed by atoms with Crippen LogP contribution >= 0.6 is 0 Å². The number of benzene rings is 1. The molecule has 1 aromatic rings. The smallest absolute Gasteiger partial charge is 0.328 e. The quantitative estimate of drug-likeness (QED) is 0.849. The molecule has 118 valence electrons. The Morgan fingerprint density at radius 2 is 2.23 bits per heavy atom. The van der Waals surface area contributed by atoms with E-state index in [1.807, 2.05) is 25.1 Å². The maximum atomic E-state index is 12.3. The summed E-state index contributed by atoms with van der Waals surface area (Å²) in [5, 5.41) is 9.14. The van der Waals surface area contributed by atoms with Crippen LogP contribution in [-0.2, 0) is 14.3 Å². The van der Waals surface area contributed by atoms with E-state index >= 15 is 0 Å². The highest BCUT2D eigenvalue weighted by Crippen LogP contribution is 2.21. The molecule has 1 saturated heterocycles. The van der Waals surface area contributed by atoms with Crippen LogP contribution in [0.1, 0.15) is 11.1 Å². The van der Waals surface area contributed by atoms with E-state index in [4.69, 9.17) is 14.6 Å². The fourth-order valence-electron chi connectivity index (χ4n) is 2.31. The van der Waals surface area contributed by atoms with Crippen molar-refractivity contribution in [2.24, 2.45) is 0 Å². The minimum absolute atomic E-state index is 0.0165. The molecule has 1 N–H and O–H groups in total. The number of nitrogens with zero attached hydrogens (tertiary/aromatic N) is 1. The number of aryl methyl sites for hydroxylation is 1. The third-order valence-electron chi connectivity index (χ3n) is 3.49. The molecule has 6 heteroatoms. The summed E-state index contributed by atoms with van der Waals surface area (Å²) in [4.78, 5) is 24.7. The lowest BCUT2D eigenvalue weighted by Crippen LogP contribution is -2.52. The van der Waals surface area contributed by atoms with Crippen LogP contribution in [0.25, 0.3) is 6.08 Å². The molecule has 0 aliphatic carbocycles. The first-order valence-corrected chi connectivity index (χ1v) is 6.97. The molecule has 0 radical (unpaired) electrons. The first-order chi connectivity index (χ1) is 10.5. The molecule has 22 heavy (non-hydrogen) atoms. The van der Waals surface area contributed by atoms with Gasteiger partial charge in [0.2, 0.25) is 5.91 Å². The number of carbonyl (C=O) groups excluding carboxylic acids is 1. The van der Waals surface area contributed by atoms with Gasteiger partial charge in [0.15, 0.2) is 6.04 Å². The highest BCUT2D eigenvalue weighted by molar-refractivity contribution is 5.95. The summed E-state index contributed by atoms with van der Waals surface area (Å²) in [5.41, 5.74) is 1.82. The van der Waals surface area contributed by atoms with Gasteiger partial charge >= 0.3 is 5.97 Å². The van der Waals surface area contributed by atoms with E-state index in [1.54, 1.807) is 13.2 Å². The first kappa shape index (κ1) is 16.0. The number of hydrogen-bond donors (Lipinski definition) is 1. The second kappa shape index (κ2) is 7.09. The van der Waals surface area contributed by atoms with Gasteiger partial charge in [-0.2, -0.15) is 0 Å². The zero-order valence-corrected chi connectivity index (χ0v) is 12.6. The van der Waals surface area contributed by atoms with Gasteiger partial charge in [-0.05, 0) is 25.1 Å². The average Bonchev–Trinajstić information content (AvgIpc) is 2.52. The summed E-state index contributed by atoms with van der Waals surface area (Å²) >= 11 is 0. The summed E-state index contributed by atoms with van der Waals surface area (Å²) in [7, 11) is 1.56. The summed E-state index contributed by atoms with van der Waals surface area (Å²) in [6.07, 6.45) is 3.01. The molecule has 2 rings (SSSR count). The van der Waals surface area contributed by atoms with Gasteiger partial charge in [-0.15, -0.1) is 0 Å². The number of carboxylic acid groups (broad SMARTS) is 1. The van der Waals surface area contributed by atoms with E-state index in [0.29, 0.717) is 12.4 Å². The first-order valence-electron chi connectivity index (χ1n) is 6.97. The Morgan fingerprint density at radius 3 is 2.91 bits per heavy atom. The molecule has 0 aromatic heterocycles. The second-order valence-corrected chi connectivity index (χ2v) is 5.04. The highest BCUT2D eigenvalue weighted by atomic mass is 16.5. The molecule has 0 saturated carbocycles. The van der Waals surface area contributed by atoms with Crippen LogP contribution < -0.4 is 4.74 Å². The van der Waals surface area contributed by atoms with Gasteiger partial charge in [-0.1, -0.05) is 11.6 Å². The van der Waals surface area contributed by atoms with Crippen molar-refractivity contribution in [3.05, 3.63) is 35.4 Å². The van der Waals surface area contributed by atoms with E-state index < -0.39 is 12.0 Å². The van der Waals surface area contributed by atoms with Crippen molar-refractivity contribution in [3.8, 4) is 5.75 Å². The summed E-state index contributed by atoms with van der Waals surface area (Å²) in [6, 6.07) is 4.70. The molecule has 1 atom stereocenters. The Balaban J connectivity index is 2.17. The zero-order chi connectivity index (χ0) is 16.1. The highest BCUT2D eigenvalue weighted by Gasteiger charge is 2.31. The molecular weight excluding hydrogens is 286 g/mol. The van der Waals surface area contributed by atoms with Crippen molar-refractivity contribution in [1.29, 1.82) is 0 Å². The Bertz CT molecular complexity index is 596. The van der Waals surface area contributed by atoms with Crippen LogP contribution in [0.4, 0.5) is 0 Å². The van der Waals surface area contributed by atoms with Crippen molar-refractivity contribution in [3.63, 3.8) is 0 Å². The molecule has 1 aliphatic rings. The van der Waals surface area contributed by atoms with Gasteiger partial charge in [-0.3, -0.25) is 4.79 Å². The molecule has 1 unspecified atom stereocenters. The molecule has 1 amide bonds. The van der Waals surface area contributed by atoms with Gasteiger partial charge in [0, 0.05) is 18.2 Å². The van der Waals surface area contributed by atoms with E-state index in [9.17, 15) is 9.59 Å². The number of aliphatic carboxylic acids is 1. The van der Waals surface area contributed by atoms with E-state index in [1.165, 1.54) is 11.0 Å². The maximum Gasteiger partial charge on any atom is 0.328 e. The molecule has 1 fully saturated rings. The van der Waals surface area contributed by atoms with Crippen molar-refractivity contribution in [2.75, 3.05) is 26.9 Å². The van der Waals surface area contributed by atoms with Gasteiger partial charge in [0.05, 0.1) is 20.3 Å². The van der Waals surface area contributed by atoms with Crippen LogP contribution in [0.3, 0.4) is 0 Å². The number of methoxy groups -OCH3 is 1. The summed E-state index contributed by atoms with van der Waals surface area (Å²) in [5.74, 6) is -0.750. The standard InChI is InChI=1S/C16H19NO5/c1-11-3-5-14(21-2)12(9-11)4-6-15(18)17-7-8-22-10-13(17)16(19)20/h3-6,9,13H,7-8,10H2,1-2H3,(H,19,20)/b6-4+. The largest absolute Gasteiger partial charge is 0.496 e. The van der Waals surface area contributed by atoms with Gasteiger partial charge in [-0.25, -0.2) is 4.79 Å². The monoisotopic (exact) mass is 305 g/mol. The Kier molecular flexibility index (Phi) is 5.16.